The van der Waals surface area contributed by atoms with Gasteiger partial charge in [-0.2, -0.15) is 5.26 Å². The first-order valence-corrected chi connectivity index (χ1v) is 5.75. The van der Waals surface area contributed by atoms with Crippen molar-refractivity contribution in [3.8, 4) is 11.9 Å². The van der Waals surface area contributed by atoms with Crippen LogP contribution in [-0.4, -0.2) is 12.1 Å². The van der Waals surface area contributed by atoms with Crippen molar-refractivity contribution >= 4 is 11.4 Å². The van der Waals surface area contributed by atoms with E-state index in [1.807, 2.05) is 24.3 Å². The molecule has 1 heterocycles. The Balaban J connectivity index is 2.02. The van der Waals surface area contributed by atoms with Gasteiger partial charge in [0.25, 0.3) is 0 Å². The first-order valence-electron chi connectivity index (χ1n) is 5.75. The number of nitrogens with zero attached hydrogens (tertiary/aromatic N) is 2. The number of nitriles is 1. The van der Waals surface area contributed by atoms with Crippen molar-refractivity contribution in [1.29, 1.82) is 5.26 Å². The van der Waals surface area contributed by atoms with Gasteiger partial charge in [-0.15, -0.1) is 0 Å². The standard InChI is InChI=1S/C14H14N4O/c1-19-14-5-2-10(9-18-14)8-17-12-4-3-11(7-15)13(16)6-12/h2-6,9,17H,8,16H2,1H3. The molecule has 0 fully saturated rings. The second-order valence-electron chi connectivity index (χ2n) is 3.98. The minimum atomic E-state index is 0.473. The van der Waals surface area contributed by atoms with Crippen molar-refractivity contribution in [2.24, 2.45) is 0 Å². The van der Waals surface area contributed by atoms with Crippen LogP contribution >= 0.6 is 0 Å². The molecule has 2 rings (SSSR count). The minimum Gasteiger partial charge on any atom is -0.481 e. The summed E-state index contributed by atoms with van der Waals surface area (Å²) >= 11 is 0. The molecule has 5 heteroatoms. The molecule has 19 heavy (non-hydrogen) atoms. The fourth-order valence-corrected chi connectivity index (χ4v) is 1.61. The Morgan fingerprint density at radius 2 is 2.21 bits per heavy atom. The molecule has 3 N–H and O–H groups in total. The number of anilines is 2. The van der Waals surface area contributed by atoms with Crippen molar-refractivity contribution in [3.63, 3.8) is 0 Å². The lowest BCUT2D eigenvalue weighted by atomic mass is 10.2. The quantitative estimate of drug-likeness (QED) is 0.817. The van der Waals surface area contributed by atoms with Crippen LogP contribution in [0, 0.1) is 11.3 Å². The molecule has 96 valence electrons. The van der Waals surface area contributed by atoms with Gasteiger partial charge in [-0.05, 0) is 23.8 Å². The predicted octanol–water partition coefficient (Wildman–Crippen LogP) is 2.16. The summed E-state index contributed by atoms with van der Waals surface area (Å²) in [5, 5.41) is 12.0. The van der Waals surface area contributed by atoms with Crippen LogP contribution in [-0.2, 0) is 6.54 Å². The molecule has 0 aliphatic heterocycles. The highest BCUT2D eigenvalue weighted by molar-refractivity contribution is 5.62. The Labute approximate surface area is 111 Å². The molecule has 0 saturated carbocycles. The lowest BCUT2D eigenvalue weighted by Crippen LogP contribution is -2.01. The molecule has 0 aliphatic rings. The molecule has 0 unspecified atom stereocenters. The summed E-state index contributed by atoms with van der Waals surface area (Å²) in [7, 11) is 1.58. The average Bonchev–Trinajstić information content (AvgIpc) is 2.46. The summed E-state index contributed by atoms with van der Waals surface area (Å²) < 4.78 is 4.99. The molecular formula is C14H14N4O. The van der Waals surface area contributed by atoms with Gasteiger partial charge < -0.3 is 15.8 Å². The van der Waals surface area contributed by atoms with E-state index in [-0.39, 0.29) is 0 Å². The van der Waals surface area contributed by atoms with E-state index in [0.717, 1.165) is 11.3 Å². The Morgan fingerprint density at radius 3 is 2.79 bits per heavy atom. The molecule has 1 aromatic carbocycles. The maximum Gasteiger partial charge on any atom is 0.212 e. The third kappa shape index (κ3) is 3.13. The Bertz CT molecular complexity index is 602. The summed E-state index contributed by atoms with van der Waals surface area (Å²) in [4.78, 5) is 4.12. The molecule has 2 aromatic rings. The van der Waals surface area contributed by atoms with Crippen LogP contribution in [0.15, 0.2) is 36.5 Å². The highest BCUT2D eigenvalue weighted by atomic mass is 16.5. The molecule has 1 aromatic heterocycles. The van der Waals surface area contributed by atoms with Crippen LogP contribution in [0.1, 0.15) is 11.1 Å². The zero-order chi connectivity index (χ0) is 13.7. The number of pyridine rings is 1. The lowest BCUT2D eigenvalue weighted by molar-refractivity contribution is 0.397. The van der Waals surface area contributed by atoms with Crippen LogP contribution < -0.4 is 15.8 Å². The third-order valence-electron chi connectivity index (χ3n) is 2.68. The molecule has 5 nitrogen and oxygen atoms in total. The zero-order valence-electron chi connectivity index (χ0n) is 10.6. The number of nitrogens with two attached hydrogens (primary N) is 1. The summed E-state index contributed by atoms with van der Waals surface area (Å²) in [5.41, 5.74) is 8.60. The highest BCUT2D eigenvalue weighted by Crippen LogP contribution is 2.18. The first kappa shape index (κ1) is 12.7. The number of nitrogens with one attached hydrogen (secondary N) is 1. The molecule has 0 aliphatic carbocycles. The Hall–Kier alpha value is -2.74. The number of rotatable bonds is 4. The second kappa shape index (κ2) is 5.74. The van der Waals surface area contributed by atoms with Gasteiger partial charge in [0, 0.05) is 24.5 Å². The van der Waals surface area contributed by atoms with Gasteiger partial charge in [0.05, 0.1) is 18.4 Å². The molecule has 0 spiro atoms. The number of methoxy groups -OCH3 is 1. The van der Waals surface area contributed by atoms with Crippen molar-refractivity contribution < 1.29 is 4.74 Å². The van der Waals surface area contributed by atoms with Crippen LogP contribution in [0.25, 0.3) is 0 Å². The van der Waals surface area contributed by atoms with Gasteiger partial charge in [-0.3, -0.25) is 0 Å². The number of nitrogen functional groups attached to an aromatic ring is 1. The number of benzene rings is 1. The van der Waals surface area contributed by atoms with Crippen molar-refractivity contribution in [3.05, 3.63) is 47.7 Å². The maximum absolute atomic E-state index is 8.80. The topological polar surface area (TPSA) is 84.0 Å². The number of hydrogen-bond acceptors (Lipinski definition) is 5. The molecule has 0 bridgehead atoms. The maximum atomic E-state index is 8.80. The van der Waals surface area contributed by atoms with Gasteiger partial charge in [0.1, 0.15) is 6.07 Å². The van der Waals surface area contributed by atoms with E-state index in [9.17, 15) is 0 Å². The van der Waals surface area contributed by atoms with Gasteiger partial charge in [-0.1, -0.05) is 6.07 Å². The van der Waals surface area contributed by atoms with Crippen molar-refractivity contribution in [2.75, 3.05) is 18.2 Å². The number of hydrogen-bond donors (Lipinski definition) is 2. The molecular weight excluding hydrogens is 240 g/mol. The minimum absolute atomic E-state index is 0.473. The fourth-order valence-electron chi connectivity index (χ4n) is 1.61. The fraction of sp³-hybridized carbons (Fsp3) is 0.143. The summed E-state index contributed by atoms with van der Waals surface area (Å²) in [6.45, 7) is 0.627. The van der Waals surface area contributed by atoms with E-state index < -0.39 is 0 Å². The van der Waals surface area contributed by atoms with Gasteiger partial charge >= 0.3 is 0 Å². The predicted molar refractivity (Wildman–Crippen MR) is 73.7 cm³/mol. The molecule has 0 radical (unpaired) electrons. The van der Waals surface area contributed by atoms with E-state index in [1.165, 1.54) is 0 Å². The third-order valence-corrected chi connectivity index (χ3v) is 2.68. The van der Waals surface area contributed by atoms with Crippen LogP contribution in [0.5, 0.6) is 5.88 Å². The SMILES string of the molecule is COc1ccc(CNc2ccc(C#N)c(N)c2)cn1. The largest absolute Gasteiger partial charge is 0.481 e. The summed E-state index contributed by atoms with van der Waals surface area (Å²) in [6, 6.07) is 11.0. The second-order valence-corrected chi connectivity index (χ2v) is 3.98. The van der Waals surface area contributed by atoms with E-state index >= 15 is 0 Å². The first-order chi connectivity index (χ1) is 9.22. The number of aromatic nitrogens is 1. The normalized spacial score (nSPS) is 9.68. The van der Waals surface area contributed by atoms with Gasteiger partial charge in [0.15, 0.2) is 0 Å². The lowest BCUT2D eigenvalue weighted by Gasteiger charge is -2.08. The Kier molecular flexibility index (Phi) is 3.84. The van der Waals surface area contributed by atoms with Gasteiger partial charge in [-0.25, -0.2) is 4.98 Å². The number of ether oxygens (including phenoxy) is 1. The van der Waals surface area contributed by atoms with Crippen molar-refractivity contribution in [1.82, 2.24) is 4.98 Å². The smallest absolute Gasteiger partial charge is 0.212 e. The van der Waals surface area contributed by atoms with Gasteiger partial charge in [0.2, 0.25) is 5.88 Å². The van der Waals surface area contributed by atoms with E-state index in [2.05, 4.69) is 10.3 Å². The summed E-state index contributed by atoms with van der Waals surface area (Å²) in [5.74, 6) is 0.589. The van der Waals surface area contributed by atoms with E-state index in [0.29, 0.717) is 23.7 Å². The highest BCUT2D eigenvalue weighted by Gasteiger charge is 2.00. The van der Waals surface area contributed by atoms with E-state index in [4.69, 9.17) is 15.7 Å². The average molecular weight is 254 g/mol. The molecule has 0 atom stereocenters. The monoisotopic (exact) mass is 254 g/mol. The van der Waals surface area contributed by atoms with Crippen LogP contribution in [0.2, 0.25) is 0 Å². The summed E-state index contributed by atoms with van der Waals surface area (Å²) in [6.07, 6.45) is 1.75. The Morgan fingerprint density at radius 1 is 1.37 bits per heavy atom. The van der Waals surface area contributed by atoms with Crippen LogP contribution in [0.3, 0.4) is 0 Å². The van der Waals surface area contributed by atoms with E-state index in [1.54, 1.807) is 25.4 Å². The zero-order valence-corrected chi connectivity index (χ0v) is 10.6. The molecule has 0 saturated heterocycles. The van der Waals surface area contributed by atoms with Crippen LogP contribution in [0.4, 0.5) is 11.4 Å². The van der Waals surface area contributed by atoms with Crippen molar-refractivity contribution in [2.45, 2.75) is 6.54 Å². The molecule has 0 amide bonds.